The summed E-state index contributed by atoms with van der Waals surface area (Å²) in [4.78, 5) is 13.7. The largest absolute Gasteiger partial charge is 0.325 e. The highest BCUT2D eigenvalue weighted by atomic mass is 35.5. The SMILES string of the molecule is CN(CC(=O)Nc1cccc(Cl)c1)Cc1cccc(F)c1. The molecule has 0 fully saturated rings. The van der Waals surface area contributed by atoms with E-state index in [4.69, 9.17) is 11.6 Å². The molecule has 0 aliphatic heterocycles. The van der Waals surface area contributed by atoms with Gasteiger partial charge in [0, 0.05) is 17.3 Å². The number of nitrogens with one attached hydrogen (secondary N) is 1. The smallest absolute Gasteiger partial charge is 0.238 e. The molecule has 1 N–H and O–H groups in total. The van der Waals surface area contributed by atoms with Gasteiger partial charge in [0.05, 0.1) is 6.54 Å². The maximum absolute atomic E-state index is 13.1. The molecule has 1 amide bonds. The molecule has 0 spiro atoms. The van der Waals surface area contributed by atoms with Crippen molar-refractivity contribution in [3.8, 4) is 0 Å². The van der Waals surface area contributed by atoms with E-state index in [2.05, 4.69) is 5.32 Å². The van der Waals surface area contributed by atoms with Crippen molar-refractivity contribution >= 4 is 23.2 Å². The minimum absolute atomic E-state index is 0.142. The molecule has 2 aromatic rings. The maximum atomic E-state index is 13.1. The summed E-state index contributed by atoms with van der Waals surface area (Å²) in [5.74, 6) is -0.416. The van der Waals surface area contributed by atoms with Crippen LogP contribution in [0.25, 0.3) is 0 Å². The highest BCUT2D eigenvalue weighted by molar-refractivity contribution is 6.30. The van der Waals surface area contributed by atoms with E-state index in [1.54, 1.807) is 30.3 Å². The number of hydrogen-bond acceptors (Lipinski definition) is 2. The summed E-state index contributed by atoms with van der Waals surface area (Å²) in [6.07, 6.45) is 0. The van der Waals surface area contributed by atoms with Crippen LogP contribution in [0, 0.1) is 5.82 Å². The molecular formula is C16H16ClFN2O. The fraction of sp³-hybridized carbons (Fsp3) is 0.188. The Kier molecular flexibility index (Phi) is 5.31. The van der Waals surface area contributed by atoms with Gasteiger partial charge in [-0.1, -0.05) is 29.8 Å². The zero-order chi connectivity index (χ0) is 15.2. The molecule has 0 saturated carbocycles. The third kappa shape index (κ3) is 5.17. The standard InChI is InChI=1S/C16H16ClFN2O/c1-20(10-12-4-2-6-14(18)8-12)11-16(21)19-15-7-3-5-13(17)9-15/h2-9H,10-11H2,1H3,(H,19,21). The van der Waals surface area contributed by atoms with Gasteiger partial charge >= 0.3 is 0 Å². The molecule has 0 aliphatic carbocycles. The number of halogens is 2. The summed E-state index contributed by atoms with van der Waals surface area (Å²) < 4.78 is 13.1. The molecule has 110 valence electrons. The second kappa shape index (κ2) is 7.20. The molecule has 2 aromatic carbocycles. The number of benzene rings is 2. The number of nitrogens with zero attached hydrogens (tertiary/aromatic N) is 1. The second-order valence-corrected chi connectivity index (χ2v) is 5.30. The van der Waals surface area contributed by atoms with Crippen molar-refractivity contribution in [3.05, 3.63) is 64.9 Å². The zero-order valence-corrected chi connectivity index (χ0v) is 12.4. The van der Waals surface area contributed by atoms with Crippen LogP contribution in [0.4, 0.5) is 10.1 Å². The van der Waals surface area contributed by atoms with Gasteiger partial charge in [-0.05, 0) is 42.9 Å². The number of carbonyl (C=O) groups excluding carboxylic acids is 1. The average molecular weight is 307 g/mol. The topological polar surface area (TPSA) is 32.3 Å². The second-order valence-electron chi connectivity index (χ2n) is 4.86. The predicted molar refractivity (Wildman–Crippen MR) is 82.8 cm³/mol. The van der Waals surface area contributed by atoms with Crippen LogP contribution in [0.5, 0.6) is 0 Å². The zero-order valence-electron chi connectivity index (χ0n) is 11.6. The molecule has 5 heteroatoms. The van der Waals surface area contributed by atoms with Crippen LogP contribution in [-0.2, 0) is 11.3 Å². The Balaban J connectivity index is 1.87. The maximum Gasteiger partial charge on any atom is 0.238 e. The molecule has 0 atom stereocenters. The third-order valence-electron chi connectivity index (χ3n) is 2.86. The Morgan fingerprint density at radius 2 is 2.00 bits per heavy atom. The van der Waals surface area contributed by atoms with Crippen molar-refractivity contribution < 1.29 is 9.18 Å². The highest BCUT2D eigenvalue weighted by Crippen LogP contribution is 2.14. The lowest BCUT2D eigenvalue weighted by molar-refractivity contribution is -0.117. The van der Waals surface area contributed by atoms with E-state index < -0.39 is 0 Å². The van der Waals surface area contributed by atoms with Gasteiger partial charge in [-0.3, -0.25) is 9.69 Å². The first-order valence-electron chi connectivity index (χ1n) is 6.51. The molecule has 0 aliphatic rings. The lowest BCUT2D eigenvalue weighted by Gasteiger charge is -2.16. The van der Waals surface area contributed by atoms with Crippen LogP contribution >= 0.6 is 11.6 Å². The quantitative estimate of drug-likeness (QED) is 0.916. The molecule has 0 bridgehead atoms. The van der Waals surface area contributed by atoms with E-state index in [1.807, 2.05) is 18.0 Å². The molecule has 0 aromatic heterocycles. The number of carbonyl (C=O) groups is 1. The van der Waals surface area contributed by atoms with Crippen LogP contribution in [0.15, 0.2) is 48.5 Å². The monoisotopic (exact) mass is 306 g/mol. The van der Waals surface area contributed by atoms with E-state index in [-0.39, 0.29) is 18.3 Å². The van der Waals surface area contributed by atoms with Crippen LogP contribution in [0.2, 0.25) is 5.02 Å². The Bertz CT molecular complexity index is 633. The summed E-state index contributed by atoms with van der Waals surface area (Å²) >= 11 is 5.86. The van der Waals surface area contributed by atoms with Crippen molar-refractivity contribution in [3.63, 3.8) is 0 Å². The Morgan fingerprint density at radius 1 is 1.24 bits per heavy atom. The van der Waals surface area contributed by atoms with Gasteiger partial charge in [-0.25, -0.2) is 4.39 Å². The van der Waals surface area contributed by atoms with Gasteiger partial charge in [0.15, 0.2) is 0 Å². The highest BCUT2D eigenvalue weighted by Gasteiger charge is 2.08. The van der Waals surface area contributed by atoms with Crippen molar-refractivity contribution in [2.24, 2.45) is 0 Å². The van der Waals surface area contributed by atoms with Gasteiger partial charge < -0.3 is 5.32 Å². The van der Waals surface area contributed by atoms with Gasteiger partial charge in [-0.15, -0.1) is 0 Å². The van der Waals surface area contributed by atoms with Crippen LogP contribution in [-0.4, -0.2) is 24.4 Å². The minimum atomic E-state index is -0.274. The first-order chi connectivity index (χ1) is 10.0. The number of likely N-dealkylation sites (N-methyl/N-ethyl adjacent to an activating group) is 1. The van der Waals surface area contributed by atoms with Gasteiger partial charge in [-0.2, -0.15) is 0 Å². The molecule has 2 rings (SSSR count). The molecular weight excluding hydrogens is 291 g/mol. The van der Waals surface area contributed by atoms with Crippen molar-refractivity contribution in [1.82, 2.24) is 4.90 Å². The number of anilines is 1. The normalized spacial score (nSPS) is 10.7. The fourth-order valence-electron chi connectivity index (χ4n) is 2.01. The lowest BCUT2D eigenvalue weighted by Crippen LogP contribution is -2.29. The van der Waals surface area contributed by atoms with E-state index in [0.29, 0.717) is 17.3 Å². The van der Waals surface area contributed by atoms with Crippen LogP contribution in [0.3, 0.4) is 0 Å². The Morgan fingerprint density at radius 3 is 2.71 bits per heavy atom. The molecule has 21 heavy (non-hydrogen) atoms. The van der Waals surface area contributed by atoms with E-state index in [9.17, 15) is 9.18 Å². The Labute approximate surface area is 128 Å². The van der Waals surface area contributed by atoms with E-state index in [0.717, 1.165) is 5.56 Å². The summed E-state index contributed by atoms with van der Waals surface area (Å²) in [5.41, 5.74) is 1.49. The van der Waals surface area contributed by atoms with Gasteiger partial charge in [0.25, 0.3) is 0 Å². The van der Waals surface area contributed by atoms with Crippen LogP contribution in [0.1, 0.15) is 5.56 Å². The summed E-state index contributed by atoms with van der Waals surface area (Å²) in [5, 5.41) is 3.34. The van der Waals surface area contributed by atoms with Crippen molar-refractivity contribution in [2.45, 2.75) is 6.54 Å². The number of rotatable bonds is 5. The summed E-state index contributed by atoms with van der Waals surface area (Å²) in [6.45, 7) is 0.712. The molecule has 0 heterocycles. The number of hydrogen-bond donors (Lipinski definition) is 1. The third-order valence-corrected chi connectivity index (χ3v) is 3.10. The average Bonchev–Trinajstić information content (AvgIpc) is 2.38. The lowest BCUT2D eigenvalue weighted by atomic mass is 10.2. The molecule has 0 unspecified atom stereocenters. The molecule has 0 radical (unpaired) electrons. The van der Waals surface area contributed by atoms with E-state index in [1.165, 1.54) is 12.1 Å². The van der Waals surface area contributed by atoms with Crippen molar-refractivity contribution in [1.29, 1.82) is 0 Å². The minimum Gasteiger partial charge on any atom is -0.325 e. The van der Waals surface area contributed by atoms with Gasteiger partial charge in [0.1, 0.15) is 5.82 Å². The first kappa shape index (κ1) is 15.5. The van der Waals surface area contributed by atoms with Crippen LogP contribution < -0.4 is 5.32 Å². The summed E-state index contributed by atoms with van der Waals surface area (Å²) in [6, 6.07) is 13.3. The predicted octanol–water partition coefficient (Wildman–Crippen LogP) is 3.55. The Hall–Kier alpha value is -1.91. The van der Waals surface area contributed by atoms with Gasteiger partial charge in [0.2, 0.25) is 5.91 Å². The van der Waals surface area contributed by atoms with Crippen molar-refractivity contribution in [2.75, 3.05) is 18.9 Å². The molecule has 0 saturated heterocycles. The number of amides is 1. The van der Waals surface area contributed by atoms with E-state index >= 15 is 0 Å². The molecule has 3 nitrogen and oxygen atoms in total. The fourth-order valence-corrected chi connectivity index (χ4v) is 2.21. The summed E-state index contributed by atoms with van der Waals surface area (Å²) in [7, 11) is 1.81. The first-order valence-corrected chi connectivity index (χ1v) is 6.89.